The molecule has 5 heteroatoms. The van der Waals surface area contributed by atoms with Gasteiger partial charge in [-0.2, -0.15) is 0 Å². The number of amides is 2. The highest BCUT2D eigenvalue weighted by Crippen LogP contribution is 2.31. The van der Waals surface area contributed by atoms with Crippen LogP contribution in [0.25, 0.3) is 0 Å². The van der Waals surface area contributed by atoms with Crippen LogP contribution in [0.2, 0.25) is 0 Å². The van der Waals surface area contributed by atoms with Crippen LogP contribution in [0.3, 0.4) is 0 Å². The summed E-state index contributed by atoms with van der Waals surface area (Å²) in [7, 11) is 0. The average Bonchev–Trinajstić information content (AvgIpc) is 3.44. The summed E-state index contributed by atoms with van der Waals surface area (Å²) in [5, 5.41) is 0. The molecule has 2 fully saturated rings. The number of piperidine rings is 1. The maximum absolute atomic E-state index is 13.4. The molecule has 0 aromatic heterocycles. The normalized spacial score (nSPS) is 20.3. The quantitative estimate of drug-likeness (QED) is 0.793. The highest BCUT2D eigenvalue weighted by Gasteiger charge is 2.41. The van der Waals surface area contributed by atoms with E-state index in [9.17, 15) is 9.59 Å². The molecule has 27 heavy (non-hydrogen) atoms. The lowest BCUT2D eigenvalue weighted by atomic mass is 10.0. The van der Waals surface area contributed by atoms with Crippen molar-refractivity contribution in [1.29, 1.82) is 0 Å². The lowest BCUT2D eigenvalue weighted by molar-refractivity contribution is -0.139. The van der Waals surface area contributed by atoms with E-state index < -0.39 is 11.6 Å². The Labute approximate surface area is 162 Å². The molecule has 2 aliphatic rings. The summed E-state index contributed by atoms with van der Waals surface area (Å²) < 4.78 is 5.56. The van der Waals surface area contributed by atoms with Crippen LogP contribution in [0.15, 0.2) is 24.3 Å². The Bertz CT molecular complexity index is 674. The summed E-state index contributed by atoms with van der Waals surface area (Å²) in [5.74, 6) is 0.0728. The first-order chi connectivity index (χ1) is 12.7. The zero-order chi connectivity index (χ0) is 19.6. The average molecular weight is 373 g/mol. The second-order valence-corrected chi connectivity index (χ2v) is 8.87. The second kappa shape index (κ2) is 7.91. The summed E-state index contributed by atoms with van der Waals surface area (Å²) in [6.45, 7) is 8.85. The molecule has 1 saturated carbocycles. The molecule has 0 spiro atoms. The third-order valence-electron chi connectivity index (χ3n) is 5.16. The van der Waals surface area contributed by atoms with E-state index in [2.05, 4.69) is 31.2 Å². The summed E-state index contributed by atoms with van der Waals surface area (Å²) in [4.78, 5) is 29.7. The monoisotopic (exact) mass is 372 g/mol. The van der Waals surface area contributed by atoms with Crippen molar-refractivity contribution in [3.05, 3.63) is 35.4 Å². The predicted octanol–water partition coefficient (Wildman–Crippen LogP) is 4.28. The first-order valence-electron chi connectivity index (χ1n) is 10.1. The molecule has 2 amide bonds. The number of nitrogens with zero attached hydrogens (tertiary/aromatic N) is 2. The molecule has 0 bridgehead atoms. The smallest absolute Gasteiger partial charge is 0.410 e. The molecule has 0 N–H and O–H groups in total. The van der Waals surface area contributed by atoms with Gasteiger partial charge >= 0.3 is 6.09 Å². The third-order valence-corrected chi connectivity index (χ3v) is 5.16. The molecule has 5 nitrogen and oxygen atoms in total. The Morgan fingerprint density at radius 2 is 1.78 bits per heavy atom. The van der Waals surface area contributed by atoms with Gasteiger partial charge in [-0.15, -0.1) is 0 Å². The Hall–Kier alpha value is -2.04. The first-order valence-corrected chi connectivity index (χ1v) is 10.1. The lowest BCUT2D eigenvalue weighted by Crippen LogP contribution is -2.54. The molecule has 1 atom stereocenters. The number of hydrogen-bond acceptors (Lipinski definition) is 3. The van der Waals surface area contributed by atoms with Crippen LogP contribution >= 0.6 is 0 Å². The van der Waals surface area contributed by atoms with Crippen molar-refractivity contribution in [1.82, 2.24) is 9.80 Å². The molecular weight excluding hydrogens is 340 g/mol. The van der Waals surface area contributed by atoms with Gasteiger partial charge in [-0.3, -0.25) is 9.69 Å². The molecule has 1 aromatic rings. The van der Waals surface area contributed by atoms with Gasteiger partial charge in [-0.05, 0) is 65.4 Å². The number of carbonyl (C=O) groups is 2. The fourth-order valence-electron chi connectivity index (χ4n) is 3.58. The fraction of sp³-hybridized carbons (Fsp3) is 0.636. The minimum absolute atomic E-state index is 0.0728. The minimum Gasteiger partial charge on any atom is -0.444 e. The van der Waals surface area contributed by atoms with Crippen LogP contribution in [0.1, 0.15) is 64.0 Å². The van der Waals surface area contributed by atoms with Gasteiger partial charge < -0.3 is 9.64 Å². The molecule has 1 aliphatic heterocycles. The van der Waals surface area contributed by atoms with E-state index in [1.165, 1.54) is 5.56 Å². The molecule has 1 aromatic carbocycles. The topological polar surface area (TPSA) is 49.9 Å². The van der Waals surface area contributed by atoms with E-state index in [0.717, 1.165) is 37.7 Å². The second-order valence-electron chi connectivity index (χ2n) is 8.87. The highest BCUT2D eigenvalue weighted by molar-refractivity contribution is 5.86. The van der Waals surface area contributed by atoms with E-state index >= 15 is 0 Å². The number of ether oxygens (including phenoxy) is 1. The number of carbonyl (C=O) groups excluding carboxylic acids is 2. The number of benzene rings is 1. The Morgan fingerprint density at radius 1 is 1.11 bits per heavy atom. The summed E-state index contributed by atoms with van der Waals surface area (Å²) in [5.41, 5.74) is 1.80. The van der Waals surface area contributed by atoms with Gasteiger partial charge in [0.15, 0.2) is 0 Å². The molecule has 3 rings (SSSR count). The number of likely N-dealkylation sites (tertiary alicyclic amines) is 1. The SMILES string of the molecule is Cc1ccc(CN(C(=O)[C@@H]2CCCCN2C(=O)OC(C)(C)C)C2CC2)cc1. The van der Waals surface area contributed by atoms with Gasteiger partial charge in [0.1, 0.15) is 11.6 Å². The van der Waals surface area contributed by atoms with Crippen molar-refractivity contribution in [2.24, 2.45) is 0 Å². The Kier molecular flexibility index (Phi) is 5.78. The van der Waals surface area contributed by atoms with Crippen molar-refractivity contribution in [2.45, 2.75) is 84.0 Å². The van der Waals surface area contributed by atoms with Crippen molar-refractivity contribution in [3.63, 3.8) is 0 Å². The van der Waals surface area contributed by atoms with Crippen LogP contribution in [-0.2, 0) is 16.1 Å². The van der Waals surface area contributed by atoms with E-state index in [4.69, 9.17) is 4.74 Å². The minimum atomic E-state index is -0.555. The van der Waals surface area contributed by atoms with Gasteiger partial charge in [0.25, 0.3) is 0 Å². The summed E-state index contributed by atoms with van der Waals surface area (Å²) in [6, 6.07) is 8.24. The van der Waals surface area contributed by atoms with E-state index in [0.29, 0.717) is 19.1 Å². The predicted molar refractivity (Wildman–Crippen MR) is 105 cm³/mol. The fourth-order valence-corrected chi connectivity index (χ4v) is 3.58. The molecule has 1 aliphatic carbocycles. The van der Waals surface area contributed by atoms with Crippen LogP contribution in [0, 0.1) is 6.92 Å². The Balaban J connectivity index is 1.74. The van der Waals surface area contributed by atoms with Gasteiger partial charge in [-0.25, -0.2) is 4.79 Å². The molecule has 148 valence electrons. The molecule has 1 heterocycles. The maximum Gasteiger partial charge on any atom is 0.410 e. The number of hydrogen-bond donors (Lipinski definition) is 0. The zero-order valence-electron chi connectivity index (χ0n) is 17.0. The summed E-state index contributed by atoms with van der Waals surface area (Å²) in [6.07, 6.45) is 4.35. The van der Waals surface area contributed by atoms with E-state index in [1.807, 2.05) is 25.7 Å². The van der Waals surface area contributed by atoms with Crippen molar-refractivity contribution in [2.75, 3.05) is 6.54 Å². The van der Waals surface area contributed by atoms with Crippen molar-refractivity contribution < 1.29 is 14.3 Å². The highest BCUT2D eigenvalue weighted by atomic mass is 16.6. The first kappa shape index (κ1) is 19.7. The van der Waals surface area contributed by atoms with Crippen molar-refractivity contribution >= 4 is 12.0 Å². The van der Waals surface area contributed by atoms with Gasteiger partial charge in [0.2, 0.25) is 5.91 Å². The standard InChI is InChI=1S/C22H32N2O3/c1-16-8-10-17(11-9-16)15-24(18-12-13-18)20(25)19-7-5-6-14-23(19)21(26)27-22(2,3)4/h8-11,18-19H,5-7,12-15H2,1-4H3/t19-/m0/s1. The molecule has 0 unspecified atom stereocenters. The maximum atomic E-state index is 13.4. The zero-order valence-corrected chi connectivity index (χ0v) is 17.0. The molecule has 0 radical (unpaired) electrons. The van der Waals surface area contributed by atoms with Crippen molar-refractivity contribution in [3.8, 4) is 0 Å². The van der Waals surface area contributed by atoms with E-state index in [-0.39, 0.29) is 12.0 Å². The number of rotatable bonds is 4. The van der Waals surface area contributed by atoms with Gasteiger partial charge in [0.05, 0.1) is 0 Å². The third kappa shape index (κ3) is 5.24. The largest absolute Gasteiger partial charge is 0.444 e. The van der Waals surface area contributed by atoms with Gasteiger partial charge in [-0.1, -0.05) is 29.8 Å². The van der Waals surface area contributed by atoms with Crippen LogP contribution in [0.5, 0.6) is 0 Å². The van der Waals surface area contributed by atoms with Crippen LogP contribution in [-0.4, -0.2) is 46.0 Å². The molecule has 1 saturated heterocycles. The van der Waals surface area contributed by atoms with Crippen LogP contribution < -0.4 is 0 Å². The molecular formula is C22H32N2O3. The Morgan fingerprint density at radius 3 is 2.37 bits per heavy atom. The number of aryl methyl sites for hydroxylation is 1. The lowest BCUT2D eigenvalue weighted by Gasteiger charge is -2.38. The van der Waals surface area contributed by atoms with Crippen LogP contribution in [0.4, 0.5) is 4.79 Å². The van der Waals surface area contributed by atoms with Gasteiger partial charge in [0, 0.05) is 19.1 Å². The summed E-state index contributed by atoms with van der Waals surface area (Å²) >= 11 is 0. The van der Waals surface area contributed by atoms with E-state index in [1.54, 1.807) is 4.90 Å².